The van der Waals surface area contributed by atoms with E-state index in [0.717, 1.165) is 13.8 Å². The number of hydrogen-bond acceptors (Lipinski definition) is 26. The molecule has 360 valence electrons. The van der Waals surface area contributed by atoms with Crippen LogP contribution in [0.4, 0.5) is 0 Å². The summed E-state index contributed by atoms with van der Waals surface area (Å²) in [5, 5.41) is 163. The van der Waals surface area contributed by atoms with Crippen LogP contribution in [-0.2, 0) is 52.2 Å². The Hall–Kier alpha value is -2.02. The van der Waals surface area contributed by atoms with Gasteiger partial charge in [-0.3, -0.25) is 9.59 Å². The molecule has 0 unspecified atom stereocenters. The molecule has 0 bridgehead atoms. The molecule has 2 amide bonds. The van der Waals surface area contributed by atoms with E-state index in [1.165, 1.54) is 0 Å². The van der Waals surface area contributed by atoms with E-state index in [4.69, 9.17) is 42.6 Å². The largest absolute Gasteiger partial charge is 0.394 e. The van der Waals surface area contributed by atoms with Gasteiger partial charge in [-0.05, 0) is 0 Å². The van der Waals surface area contributed by atoms with Crippen molar-refractivity contribution in [2.75, 3.05) is 33.0 Å². The Labute approximate surface area is 351 Å². The summed E-state index contributed by atoms with van der Waals surface area (Å²) in [5.74, 6) is -1.46. The lowest BCUT2D eigenvalue weighted by molar-refractivity contribution is -0.384. The number of nitrogens with one attached hydrogen (secondary N) is 2. The van der Waals surface area contributed by atoms with Gasteiger partial charge in [0, 0.05) is 13.8 Å². The molecular weight excluding hydrogens is 852 g/mol. The Kier molecular flexibility index (Phi) is 18.1. The molecule has 5 aliphatic rings. The number of ether oxygens (including phenoxy) is 9. The highest BCUT2D eigenvalue weighted by Crippen LogP contribution is 2.35. The normalized spacial score (nSPS) is 49.0. The average molecular weight is 911 g/mol. The molecule has 5 heterocycles. The molecule has 5 fully saturated rings. The second-order valence-electron chi connectivity index (χ2n) is 15.5. The number of aliphatic hydroxyl groups excluding tert-OH is 15. The summed E-state index contributed by atoms with van der Waals surface area (Å²) in [6.45, 7) is -2.38. The van der Waals surface area contributed by atoms with Crippen LogP contribution in [0.1, 0.15) is 13.8 Å². The van der Waals surface area contributed by atoms with Crippen molar-refractivity contribution in [3.63, 3.8) is 0 Å². The first-order valence-electron chi connectivity index (χ1n) is 19.6. The number of hydrogen-bond donors (Lipinski definition) is 17. The van der Waals surface area contributed by atoms with E-state index < -0.39 is 198 Å². The van der Waals surface area contributed by atoms with Crippen LogP contribution in [-0.4, -0.2) is 275 Å². The summed E-state index contributed by atoms with van der Waals surface area (Å²) in [6.07, 6.45) is -42.7. The third-order valence-electron chi connectivity index (χ3n) is 11.1. The van der Waals surface area contributed by atoms with Gasteiger partial charge in [0.15, 0.2) is 31.5 Å². The van der Waals surface area contributed by atoms with Crippen LogP contribution in [0, 0.1) is 0 Å². The fourth-order valence-corrected chi connectivity index (χ4v) is 7.71. The molecule has 5 rings (SSSR count). The molecule has 0 radical (unpaired) electrons. The average Bonchev–Trinajstić information content (AvgIpc) is 3.23. The van der Waals surface area contributed by atoms with Gasteiger partial charge in [-0.15, -0.1) is 0 Å². The summed E-state index contributed by atoms with van der Waals surface area (Å²) < 4.78 is 51.1. The molecule has 25 atom stereocenters. The standard InChI is InChI=1S/C34H58N2O26/c1-8(41)35-15-22(48)27(13(6-40)55-30(15)53)60-33-26(52)28(61-32-25(51)23(49)18(44)11(4-38)57-32)20(46)14(59-33)7-54-34-29(24(50)19(45)12(5-39)58-34)62-31-16(36-9(2)42)21(47)17(43)10(3-37)56-31/h10-34,37-40,43-53H,3-7H2,1-2H3,(H,35,41)(H,36,42)/t10-,11-,12-,13-,14-,15-,16-,17-,18-,19-,20-,21-,22-,23+,24+,25+,26+,27-,28+,29+,30-,31+,32-,33+,34+/m1/s1. The monoisotopic (exact) mass is 910 g/mol. The van der Waals surface area contributed by atoms with Gasteiger partial charge in [0.2, 0.25) is 11.8 Å². The minimum absolute atomic E-state index is 0.726. The second-order valence-corrected chi connectivity index (χ2v) is 15.5. The fraction of sp³-hybridized carbons (Fsp3) is 0.941. The van der Waals surface area contributed by atoms with Gasteiger partial charge < -0.3 is 130 Å². The zero-order valence-corrected chi connectivity index (χ0v) is 33.2. The van der Waals surface area contributed by atoms with Crippen LogP contribution in [0.2, 0.25) is 0 Å². The quantitative estimate of drug-likeness (QED) is 0.0725. The zero-order valence-electron chi connectivity index (χ0n) is 33.2. The molecule has 5 aliphatic heterocycles. The summed E-state index contributed by atoms with van der Waals surface area (Å²) >= 11 is 0. The van der Waals surface area contributed by atoms with Crippen molar-refractivity contribution in [2.24, 2.45) is 0 Å². The topological polar surface area (TPSA) is 445 Å². The predicted molar refractivity (Wildman–Crippen MR) is 190 cm³/mol. The SMILES string of the molecule is CC(=O)N[C@@H]1[C@@H](O)[C@H](O[C@@H]2O[C@H](CO[C@H]3O[C@H](CO)[C@@H](O)[C@H](O)[C@@H]3O[C@@H]3O[C@H](CO)[C@@H](O)[C@H](O)[C@H]3NC(C)=O)[C@@H](O)[C@H](O[C@H]3O[C@H](CO)[C@@H](O)[C@H](O)[C@@H]3O)[C@@H]2O)[C@@H](CO)O[C@H]1O. The maximum atomic E-state index is 12.0. The Balaban J connectivity index is 1.44. The molecule has 0 spiro atoms. The Morgan fingerprint density at radius 2 is 0.871 bits per heavy atom. The summed E-state index contributed by atoms with van der Waals surface area (Å²) in [6, 6.07) is -3.13. The number of rotatable bonds is 15. The molecular formula is C34H58N2O26. The maximum Gasteiger partial charge on any atom is 0.217 e. The molecule has 0 aromatic rings. The Bertz CT molecular complexity index is 1440. The highest BCUT2D eigenvalue weighted by Gasteiger charge is 2.56. The molecule has 0 aliphatic carbocycles. The zero-order chi connectivity index (χ0) is 45.9. The summed E-state index contributed by atoms with van der Waals surface area (Å²) in [4.78, 5) is 23.9. The van der Waals surface area contributed by atoms with Crippen molar-refractivity contribution in [1.82, 2.24) is 10.6 Å². The van der Waals surface area contributed by atoms with Crippen molar-refractivity contribution in [3.8, 4) is 0 Å². The molecule has 28 heteroatoms. The van der Waals surface area contributed by atoms with Crippen molar-refractivity contribution in [1.29, 1.82) is 0 Å². The summed E-state index contributed by atoms with van der Waals surface area (Å²) in [5.41, 5.74) is 0. The van der Waals surface area contributed by atoms with Gasteiger partial charge >= 0.3 is 0 Å². The van der Waals surface area contributed by atoms with E-state index in [1.807, 2.05) is 0 Å². The smallest absolute Gasteiger partial charge is 0.217 e. The minimum atomic E-state index is -2.17. The van der Waals surface area contributed by atoms with E-state index in [2.05, 4.69) is 10.6 Å². The highest BCUT2D eigenvalue weighted by molar-refractivity contribution is 5.73. The fourth-order valence-electron chi connectivity index (χ4n) is 7.71. The van der Waals surface area contributed by atoms with E-state index in [9.17, 15) is 86.2 Å². The first kappa shape index (κ1) is 51.0. The van der Waals surface area contributed by atoms with Crippen LogP contribution in [0.5, 0.6) is 0 Å². The third kappa shape index (κ3) is 11.0. The van der Waals surface area contributed by atoms with Crippen molar-refractivity contribution in [2.45, 2.75) is 167 Å². The van der Waals surface area contributed by atoms with Gasteiger partial charge in [-0.1, -0.05) is 0 Å². The second kappa shape index (κ2) is 22.0. The molecule has 17 N–H and O–H groups in total. The molecule has 0 aromatic heterocycles. The van der Waals surface area contributed by atoms with E-state index >= 15 is 0 Å². The van der Waals surface area contributed by atoms with Crippen molar-refractivity contribution < 1.29 is 129 Å². The highest BCUT2D eigenvalue weighted by atomic mass is 16.8. The Morgan fingerprint density at radius 3 is 1.44 bits per heavy atom. The van der Waals surface area contributed by atoms with Gasteiger partial charge in [0.1, 0.15) is 122 Å². The first-order chi connectivity index (χ1) is 29.3. The number of carbonyl (C=O) groups is 2. The van der Waals surface area contributed by atoms with Gasteiger partial charge in [0.25, 0.3) is 0 Å². The number of amides is 2. The molecule has 28 nitrogen and oxygen atoms in total. The number of aliphatic hydroxyl groups is 15. The van der Waals surface area contributed by atoms with Gasteiger partial charge in [-0.25, -0.2) is 0 Å². The Morgan fingerprint density at radius 1 is 0.419 bits per heavy atom. The molecule has 0 saturated carbocycles. The molecule has 62 heavy (non-hydrogen) atoms. The van der Waals surface area contributed by atoms with Crippen LogP contribution in [0.15, 0.2) is 0 Å². The van der Waals surface area contributed by atoms with Gasteiger partial charge in [0.05, 0.1) is 33.0 Å². The van der Waals surface area contributed by atoms with Crippen LogP contribution in [0.3, 0.4) is 0 Å². The van der Waals surface area contributed by atoms with Crippen LogP contribution < -0.4 is 10.6 Å². The molecule has 5 saturated heterocycles. The lowest BCUT2D eigenvalue weighted by atomic mass is 9.95. The van der Waals surface area contributed by atoms with E-state index in [-0.39, 0.29) is 0 Å². The summed E-state index contributed by atoms with van der Waals surface area (Å²) in [7, 11) is 0. The van der Waals surface area contributed by atoms with E-state index in [1.54, 1.807) is 0 Å². The van der Waals surface area contributed by atoms with Crippen molar-refractivity contribution in [3.05, 3.63) is 0 Å². The van der Waals surface area contributed by atoms with Crippen LogP contribution >= 0.6 is 0 Å². The van der Waals surface area contributed by atoms with Gasteiger partial charge in [-0.2, -0.15) is 0 Å². The van der Waals surface area contributed by atoms with Crippen molar-refractivity contribution >= 4 is 11.8 Å². The molecule has 0 aromatic carbocycles. The predicted octanol–water partition coefficient (Wildman–Crippen LogP) is -11.6. The lowest BCUT2D eigenvalue weighted by Crippen LogP contribution is -2.68. The maximum absolute atomic E-state index is 12.0. The lowest BCUT2D eigenvalue weighted by Gasteiger charge is -2.49. The minimum Gasteiger partial charge on any atom is -0.394 e. The number of carbonyl (C=O) groups excluding carboxylic acids is 2. The first-order valence-corrected chi connectivity index (χ1v) is 19.6. The third-order valence-corrected chi connectivity index (χ3v) is 11.1. The van der Waals surface area contributed by atoms with E-state index in [0.29, 0.717) is 0 Å². The van der Waals surface area contributed by atoms with Crippen LogP contribution in [0.25, 0.3) is 0 Å².